The van der Waals surface area contributed by atoms with Crippen LogP contribution in [0.25, 0.3) is 0 Å². The maximum absolute atomic E-state index is 12.1. The molecule has 19 heavy (non-hydrogen) atoms. The summed E-state index contributed by atoms with van der Waals surface area (Å²) in [4.78, 5) is 14.0. The van der Waals surface area contributed by atoms with Crippen LogP contribution < -0.4 is 11.1 Å². The fraction of sp³-hybridized carbons (Fsp3) is 0.333. The molecule has 0 bridgehead atoms. The van der Waals surface area contributed by atoms with Gasteiger partial charge in [0.2, 0.25) is 0 Å². The van der Waals surface area contributed by atoms with Gasteiger partial charge in [0.05, 0.1) is 18.9 Å². The van der Waals surface area contributed by atoms with Gasteiger partial charge < -0.3 is 20.7 Å². The largest absolute Gasteiger partial charge is 0.389 e. The Labute approximate surface area is 121 Å². The van der Waals surface area contributed by atoms with Gasteiger partial charge in [0, 0.05) is 23.7 Å². The third-order valence-corrected chi connectivity index (χ3v) is 3.24. The molecule has 1 aromatic carbocycles. The summed E-state index contributed by atoms with van der Waals surface area (Å²) in [5.74, 6) is 0. The molecular weight excluding hydrogens is 286 g/mol. The summed E-state index contributed by atoms with van der Waals surface area (Å²) in [6.45, 7) is 2.22. The normalized spacial score (nSPS) is 15.1. The van der Waals surface area contributed by atoms with Crippen LogP contribution in [0.1, 0.15) is 5.56 Å². The average Bonchev–Trinajstić information content (AvgIpc) is 2.39. The van der Waals surface area contributed by atoms with Gasteiger partial charge >= 0.3 is 6.03 Å². The van der Waals surface area contributed by atoms with Crippen LogP contribution in [0.3, 0.4) is 0 Å². The van der Waals surface area contributed by atoms with E-state index in [0.29, 0.717) is 42.6 Å². The van der Waals surface area contributed by atoms with Crippen LogP contribution in [0.15, 0.2) is 18.2 Å². The van der Waals surface area contributed by atoms with Crippen molar-refractivity contribution in [2.24, 2.45) is 5.73 Å². The molecule has 2 rings (SSSR count). The van der Waals surface area contributed by atoms with Crippen molar-refractivity contribution in [2.75, 3.05) is 31.6 Å². The molecule has 1 fully saturated rings. The average molecular weight is 300 g/mol. The zero-order chi connectivity index (χ0) is 13.8. The molecule has 0 atom stereocenters. The molecule has 0 unspecified atom stereocenters. The van der Waals surface area contributed by atoms with Crippen LogP contribution in [-0.4, -0.2) is 42.2 Å². The van der Waals surface area contributed by atoms with Gasteiger partial charge in [-0.3, -0.25) is 0 Å². The Morgan fingerprint density at radius 3 is 2.74 bits per heavy atom. The monoisotopic (exact) mass is 299 g/mol. The van der Waals surface area contributed by atoms with E-state index in [9.17, 15) is 4.79 Å². The van der Waals surface area contributed by atoms with Gasteiger partial charge in [-0.05, 0) is 18.2 Å². The van der Waals surface area contributed by atoms with Gasteiger partial charge in [0.25, 0.3) is 0 Å². The molecule has 0 saturated carbocycles. The Morgan fingerprint density at radius 1 is 1.42 bits per heavy atom. The smallest absolute Gasteiger partial charge is 0.322 e. The molecule has 1 heterocycles. The SMILES string of the molecule is NC(=S)c1ccc(Cl)cc1NC(=O)N1CCOCC1. The fourth-order valence-corrected chi connectivity index (χ4v) is 2.15. The minimum absolute atomic E-state index is 0.205. The van der Waals surface area contributed by atoms with Crippen LogP contribution in [0, 0.1) is 0 Å². The number of thiocarbonyl (C=S) groups is 1. The molecule has 7 heteroatoms. The third kappa shape index (κ3) is 3.56. The number of ether oxygens (including phenoxy) is 1. The number of urea groups is 1. The number of carbonyl (C=O) groups excluding carboxylic acids is 1. The van der Waals surface area contributed by atoms with Gasteiger partial charge in [0.1, 0.15) is 4.99 Å². The standard InChI is InChI=1S/C12H14ClN3O2S/c13-8-1-2-9(11(14)19)10(7-8)15-12(17)16-3-5-18-6-4-16/h1-2,7H,3-6H2,(H2,14,19)(H,15,17). The third-order valence-electron chi connectivity index (χ3n) is 2.79. The van der Waals surface area contributed by atoms with Crippen molar-refractivity contribution in [3.63, 3.8) is 0 Å². The number of rotatable bonds is 2. The first-order valence-electron chi connectivity index (χ1n) is 5.81. The van der Waals surface area contributed by atoms with Crippen LogP contribution in [0.2, 0.25) is 5.02 Å². The van der Waals surface area contributed by atoms with Crippen molar-refractivity contribution in [1.82, 2.24) is 4.90 Å². The van der Waals surface area contributed by atoms with E-state index in [4.69, 9.17) is 34.3 Å². The Balaban J connectivity index is 2.15. The number of nitrogens with two attached hydrogens (primary N) is 1. The summed E-state index contributed by atoms with van der Waals surface area (Å²) >= 11 is 10.9. The maximum atomic E-state index is 12.1. The molecule has 1 saturated heterocycles. The number of nitrogens with zero attached hydrogens (tertiary/aromatic N) is 1. The number of morpholine rings is 1. The van der Waals surface area contributed by atoms with Gasteiger partial charge in [-0.2, -0.15) is 0 Å². The lowest BCUT2D eigenvalue weighted by Crippen LogP contribution is -2.43. The second-order valence-electron chi connectivity index (χ2n) is 4.08. The van der Waals surface area contributed by atoms with Crippen molar-refractivity contribution in [3.8, 4) is 0 Å². The number of hydrogen-bond acceptors (Lipinski definition) is 3. The minimum atomic E-state index is -0.205. The van der Waals surface area contributed by atoms with E-state index in [1.165, 1.54) is 0 Å². The highest BCUT2D eigenvalue weighted by Crippen LogP contribution is 2.21. The zero-order valence-corrected chi connectivity index (χ0v) is 11.8. The number of hydrogen-bond donors (Lipinski definition) is 2. The number of halogens is 1. The number of anilines is 1. The zero-order valence-electron chi connectivity index (χ0n) is 10.2. The van der Waals surface area contributed by atoms with E-state index >= 15 is 0 Å². The van der Waals surface area contributed by atoms with Gasteiger partial charge in [-0.15, -0.1) is 0 Å². The Bertz CT molecular complexity index is 504. The lowest BCUT2D eigenvalue weighted by atomic mass is 10.2. The second-order valence-corrected chi connectivity index (χ2v) is 4.96. The van der Waals surface area contributed by atoms with Crippen LogP contribution in [0.5, 0.6) is 0 Å². The number of benzene rings is 1. The lowest BCUT2D eigenvalue weighted by molar-refractivity contribution is 0.0564. The highest BCUT2D eigenvalue weighted by atomic mass is 35.5. The van der Waals surface area contributed by atoms with E-state index in [2.05, 4.69) is 5.32 Å². The van der Waals surface area contributed by atoms with Gasteiger partial charge in [-0.25, -0.2) is 4.79 Å². The number of carbonyl (C=O) groups is 1. The molecule has 0 aromatic heterocycles. The molecule has 1 aliphatic heterocycles. The van der Waals surface area contributed by atoms with Crippen LogP contribution >= 0.6 is 23.8 Å². The van der Waals surface area contributed by atoms with Crippen molar-refractivity contribution in [2.45, 2.75) is 0 Å². The quantitative estimate of drug-likeness (QED) is 0.818. The second kappa shape index (κ2) is 6.18. The molecule has 0 aliphatic carbocycles. The predicted octanol–water partition coefficient (Wildman–Crippen LogP) is 1.84. The first kappa shape index (κ1) is 14.0. The molecule has 102 valence electrons. The van der Waals surface area contributed by atoms with Crippen molar-refractivity contribution in [1.29, 1.82) is 0 Å². The Hall–Kier alpha value is -1.37. The topological polar surface area (TPSA) is 67.6 Å². The molecule has 5 nitrogen and oxygen atoms in total. The van der Waals surface area contributed by atoms with E-state index < -0.39 is 0 Å². The van der Waals surface area contributed by atoms with Crippen molar-refractivity contribution >= 4 is 40.5 Å². The first-order chi connectivity index (χ1) is 9.08. The Kier molecular flexibility index (Phi) is 4.57. The molecule has 0 radical (unpaired) electrons. The summed E-state index contributed by atoms with van der Waals surface area (Å²) in [6, 6.07) is 4.80. The molecule has 1 aromatic rings. The molecule has 2 amide bonds. The number of amides is 2. The van der Waals surface area contributed by atoms with Crippen molar-refractivity contribution < 1.29 is 9.53 Å². The summed E-state index contributed by atoms with van der Waals surface area (Å²) in [7, 11) is 0. The van der Waals surface area contributed by atoms with E-state index in [-0.39, 0.29) is 11.0 Å². The number of nitrogens with one attached hydrogen (secondary N) is 1. The van der Waals surface area contributed by atoms with Crippen LogP contribution in [0.4, 0.5) is 10.5 Å². The minimum Gasteiger partial charge on any atom is -0.389 e. The molecule has 3 N–H and O–H groups in total. The van der Waals surface area contributed by atoms with E-state index in [1.807, 2.05) is 0 Å². The Morgan fingerprint density at radius 2 is 2.11 bits per heavy atom. The van der Waals surface area contributed by atoms with E-state index in [1.54, 1.807) is 23.1 Å². The highest BCUT2D eigenvalue weighted by molar-refractivity contribution is 7.80. The highest BCUT2D eigenvalue weighted by Gasteiger charge is 2.18. The first-order valence-corrected chi connectivity index (χ1v) is 6.59. The fourth-order valence-electron chi connectivity index (χ4n) is 1.80. The maximum Gasteiger partial charge on any atom is 0.322 e. The molecule has 1 aliphatic rings. The van der Waals surface area contributed by atoms with Gasteiger partial charge in [-0.1, -0.05) is 23.8 Å². The summed E-state index contributed by atoms with van der Waals surface area (Å²) in [6.07, 6.45) is 0. The van der Waals surface area contributed by atoms with Crippen LogP contribution in [-0.2, 0) is 4.74 Å². The summed E-state index contributed by atoms with van der Waals surface area (Å²) in [5.41, 5.74) is 6.74. The molecular formula is C12H14ClN3O2S. The van der Waals surface area contributed by atoms with Crippen molar-refractivity contribution in [3.05, 3.63) is 28.8 Å². The predicted molar refractivity (Wildman–Crippen MR) is 78.8 cm³/mol. The lowest BCUT2D eigenvalue weighted by Gasteiger charge is -2.27. The molecule has 0 spiro atoms. The summed E-state index contributed by atoms with van der Waals surface area (Å²) < 4.78 is 5.20. The van der Waals surface area contributed by atoms with E-state index in [0.717, 1.165) is 0 Å². The summed E-state index contributed by atoms with van der Waals surface area (Å²) in [5, 5.41) is 3.29. The van der Waals surface area contributed by atoms with Gasteiger partial charge in [0.15, 0.2) is 0 Å².